The molecule has 0 spiro atoms. The molecule has 0 aliphatic carbocycles. The second-order valence-corrected chi connectivity index (χ2v) is 11.3. The molecule has 12 heteroatoms. The number of aryl methyl sites for hydroxylation is 1. The fraction of sp³-hybridized carbons (Fsp3) is 0.269. The van der Waals surface area contributed by atoms with E-state index in [0.717, 1.165) is 0 Å². The highest BCUT2D eigenvalue weighted by atomic mass is 32.2. The molecule has 0 radical (unpaired) electrons. The molecule has 0 atom stereocenters. The molecule has 1 fully saturated rings. The van der Waals surface area contributed by atoms with Gasteiger partial charge in [0.05, 0.1) is 10.5 Å². The van der Waals surface area contributed by atoms with Crippen LogP contribution >= 0.6 is 0 Å². The summed E-state index contributed by atoms with van der Waals surface area (Å²) >= 11 is 0. The molecule has 0 bridgehead atoms. The largest absolute Gasteiger partial charge is 0.389 e. The Morgan fingerprint density at radius 3 is 2.45 bits per heavy atom. The summed E-state index contributed by atoms with van der Waals surface area (Å²) in [6.45, 7) is 2.13. The van der Waals surface area contributed by atoms with E-state index in [4.69, 9.17) is 0 Å². The van der Waals surface area contributed by atoms with Crippen molar-refractivity contribution in [2.45, 2.75) is 36.7 Å². The van der Waals surface area contributed by atoms with Gasteiger partial charge in [-0.2, -0.15) is 9.29 Å². The fourth-order valence-electron chi connectivity index (χ4n) is 4.37. The van der Waals surface area contributed by atoms with Crippen molar-refractivity contribution in [3.63, 3.8) is 0 Å². The third-order valence-electron chi connectivity index (χ3n) is 6.54. The Labute approximate surface area is 220 Å². The normalized spacial score (nSPS) is 15.8. The van der Waals surface area contributed by atoms with Gasteiger partial charge in [-0.05, 0) is 73.9 Å². The first-order valence-electron chi connectivity index (χ1n) is 12.1. The van der Waals surface area contributed by atoms with Crippen molar-refractivity contribution in [2.24, 2.45) is 0 Å². The van der Waals surface area contributed by atoms with Gasteiger partial charge in [0.1, 0.15) is 17.5 Å². The van der Waals surface area contributed by atoms with E-state index in [2.05, 4.69) is 30.6 Å². The summed E-state index contributed by atoms with van der Waals surface area (Å²) in [5, 5.41) is 17.1. The molecule has 4 aromatic rings. The van der Waals surface area contributed by atoms with E-state index in [1.165, 1.54) is 22.5 Å². The smallest absolute Gasteiger partial charge is 0.243 e. The number of piperidine rings is 1. The van der Waals surface area contributed by atoms with Gasteiger partial charge in [0.25, 0.3) is 0 Å². The number of aromatic amines is 1. The van der Waals surface area contributed by atoms with E-state index in [9.17, 15) is 17.9 Å². The maximum atomic E-state index is 13.5. The third-order valence-corrected chi connectivity index (χ3v) is 8.45. The summed E-state index contributed by atoms with van der Waals surface area (Å²) in [5.41, 5.74) is 0.841. The highest BCUT2D eigenvalue weighted by molar-refractivity contribution is 7.89. The van der Waals surface area contributed by atoms with Crippen LogP contribution in [0.25, 0.3) is 0 Å². The molecule has 0 unspecified atom stereocenters. The van der Waals surface area contributed by atoms with Crippen LogP contribution in [0.3, 0.4) is 0 Å². The molecule has 5 rings (SSSR count). The molecule has 38 heavy (non-hydrogen) atoms. The van der Waals surface area contributed by atoms with Crippen molar-refractivity contribution in [1.82, 2.24) is 24.2 Å². The van der Waals surface area contributed by atoms with Crippen LogP contribution in [0, 0.1) is 12.7 Å². The Bertz CT molecular complexity index is 1500. The maximum Gasteiger partial charge on any atom is 0.243 e. The number of anilines is 4. The number of nitrogens with zero attached hydrogens (tertiary/aromatic N) is 4. The van der Waals surface area contributed by atoms with Crippen LogP contribution < -0.4 is 10.6 Å². The average molecular weight is 538 g/mol. The lowest BCUT2D eigenvalue weighted by molar-refractivity contribution is -0.00586. The summed E-state index contributed by atoms with van der Waals surface area (Å²) in [6.07, 6.45) is 5.92. The van der Waals surface area contributed by atoms with Crippen LogP contribution in [0.5, 0.6) is 0 Å². The minimum atomic E-state index is -3.71. The third kappa shape index (κ3) is 5.82. The Morgan fingerprint density at radius 1 is 1.03 bits per heavy atom. The summed E-state index contributed by atoms with van der Waals surface area (Å²) in [7, 11) is -3.71. The van der Waals surface area contributed by atoms with Crippen LogP contribution in [-0.2, 0) is 16.4 Å². The van der Waals surface area contributed by atoms with Gasteiger partial charge in [-0.15, -0.1) is 0 Å². The first-order valence-corrected chi connectivity index (χ1v) is 13.6. The standard InChI is InChI=1S/C26H28FN7O3S/c1-18-16-20(4-7-22(18)27)31-23-8-11-30-25(33-23)32-19-2-5-21(6-3-19)38(36,37)34-14-9-26(35,10-15-34)17-24-28-12-13-29-24/h2-8,11-13,16,35H,9-10,14-15,17H2,1H3,(H,28,29)(H2,30,31,32,33). The number of halogens is 1. The number of aliphatic hydroxyl groups is 1. The predicted octanol–water partition coefficient (Wildman–Crippen LogP) is 3.89. The molecule has 1 aliphatic rings. The zero-order valence-electron chi connectivity index (χ0n) is 20.7. The number of nitrogens with one attached hydrogen (secondary N) is 3. The van der Waals surface area contributed by atoms with Crippen LogP contribution in [0.1, 0.15) is 24.2 Å². The van der Waals surface area contributed by atoms with Gasteiger partial charge < -0.3 is 20.7 Å². The minimum Gasteiger partial charge on any atom is -0.389 e. The number of benzene rings is 2. The lowest BCUT2D eigenvalue weighted by Gasteiger charge is -2.37. The predicted molar refractivity (Wildman–Crippen MR) is 141 cm³/mol. The number of sulfonamides is 1. The molecular weight excluding hydrogens is 509 g/mol. The monoisotopic (exact) mass is 537 g/mol. The molecule has 3 heterocycles. The summed E-state index contributed by atoms with van der Waals surface area (Å²) in [5.74, 6) is 1.24. The van der Waals surface area contributed by atoms with Crippen molar-refractivity contribution < 1.29 is 17.9 Å². The lowest BCUT2D eigenvalue weighted by Crippen LogP contribution is -2.47. The molecule has 2 aromatic heterocycles. The van der Waals surface area contributed by atoms with E-state index in [0.29, 0.717) is 53.8 Å². The topological polar surface area (TPSA) is 136 Å². The molecule has 1 saturated heterocycles. The maximum absolute atomic E-state index is 13.5. The Hall–Kier alpha value is -3.87. The Morgan fingerprint density at radius 2 is 1.76 bits per heavy atom. The lowest BCUT2D eigenvalue weighted by atomic mass is 9.89. The summed E-state index contributed by atoms with van der Waals surface area (Å²) in [6, 6.07) is 12.8. The van der Waals surface area contributed by atoms with Crippen molar-refractivity contribution in [3.8, 4) is 0 Å². The molecule has 1 aliphatic heterocycles. The molecule has 0 saturated carbocycles. The van der Waals surface area contributed by atoms with Gasteiger partial charge in [-0.25, -0.2) is 22.8 Å². The van der Waals surface area contributed by atoms with E-state index in [1.807, 2.05) is 0 Å². The van der Waals surface area contributed by atoms with Crippen molar-refractivity contribution >= 4 is 33.2 Å². The SMILES string of the molecule is Cc1cc(Nc2ccnc(Nc3ccc(S(=O)(=O)N4CCC(O)(Cc5ncc[nH]5)CC4)cc3)n2)ccc1F. The zero-order valence-corrected chi connectivity index (χ0v) is 21.5. The minimum absolute atomic E-state index is 0.169. The van der Waals surface area contributed by atoms with Gasteiger partial charge in [0, 0.05) is 49.5 Å². The second kappa shape index (κ2) is 10.5. The average Bonchev–Trinajstić information content (AvgIpc) is 3.39. The van der Waals surface area contributed by atoms with Crippen molar-refractivity contribution in [3.05, 3.63) is 84.3 Å². The Kier molecular flexibility index (Phi) is 7.11. The second-order valence-electron chi connectivity index (χ2n) is 9.34. The van der Waals surface area contributed by atoms with Gasteiger partial charge >= 0.3 is 0 Å². The molecular formula is C26H28FN7O3S. The number of hydrogen-bond donors (Lipinski definition) is 4. The zero-order chi connectivity index (χ0) is 26.8. The van der Waals surface area contributed by atoms with E-state index >= 15 is 0 Å². The van der Waals surface area contributed by atoms with Gasteiger partial charge in [0.15, 0.2) is 0 Å². The van der Waals surface area contributed by atoms with Crippen LogP contribution in [0.15, 0.2) is 72.0 Å². The van der Waals surface area contributed by atoms with E-state index < -0.39 is 15.6 Å². The highest BCUT2D eigenvalue weighted by Gasteiger charge is 2.37. The summed E-state index contributed by atoms with van der Waals surface area (Å²) < 4.78 is 41.3. The van der Waals surface area contributed by atoms with Crippen molar-refractivity contribution in [2.75, 3.05) is 23.7 Å². The number of hydrogen-bond acceptors (Lipinski definition) is 8. The number of H-pyrrole nitrogens is 1. The number of aromatic nitrogens is 4. The first kappa shape index (κ1) is 25.8. The number of imidazole rings is 1. The summed E-state index contributed by atoms with van der Waals surface area (Å²) in [4.78, 5) is 15.9. The van der Waals surface area contributed by atoms with E-state index in [1.54, 1.807) is 55.8 Å². The molecule has 0 amide bonds. The van der Waals surface area contributed by atoms with E-state index in [-0.39, 0.29) is 23.8 Å². The molecule has 2 aromatic carbocycles. The van der Waals surface area contributed by atoms with Gasteiger partial charge in [-0.1, -0.05) is 0 Å². The van der Waals surface area contributed by atoms with Crippen molar-refractivity contribution in [1.29, 1.82) is 0 Å². The highest BCUT2D eigenvalue weighted by Crippen LogP contribution is 2.29. The van der Waals surface area contributed by atoms with Crippen LogP contribution in [0.2, 0.25) is 0 Å². The van der Waals surface area contributed by atoms with Crippen LogP contribution in [-0.4, -0.2) is 56.5 Å². The molecule has 198 valence electrons. The van der Waals surface area contributed by atoms with Gasteiger partial charge in [-0.3, -0.25) is 0 Å². The fourth-order valence-corrected chi connectivity index (χ4v) is 5.81. The molecule has 10 nitrogen and oxygen atoms in total. The first-order chi connectivity index (χ1) is 18.2. The van der Waals surface area contributed by atoms with Gasteiger partial charge in [0.2, 0.25) is 16.0 Å². The number of rotatable bonds is 8. The Balaban J connectivity index is 1.21. The molecule has 4 N–H and O–H groups in total. The van der Waals surface area contributed by atoms with Crippen LogP contribution in [0.4, 0.5) is 27.5 Å². The quantitative estimate of drug-likeness (QED) is 0.266.